The van der Waals surface area contributed by atoms with Gasteiger partial charge in [-0.05, 0) is 45.8 Å². The fourth-order valence-corrected chi connectivity index (χ4v) is 4.17. The number of halogens is 1. The molecule has 4 nitrogen and oxygen atoms in total. The fraction of sp³-hybridized carbons (Fsp3) is 0.154. The zero-order valence-electron chi connectivity index (χ0n) is 10.1. The first kappa shape index (κ1) is 14.2. The van der Waals surface area contributed by atoms with Crippen molar-refractivity contribution < 1.29 is 8.42 Å². The lowest BCUT2D eigenvalue weighted by Gasteiger charge is -2.07. The first-order valence-electron chi connectivity index (χ1n) is 5.64. The molecule has 2 rings (SSSR count). The van der Waals surface area contributed by atoms with Crippen LogP contribution in [-0.4, -0.2) is 13.4 Å². The summed E-state index contributed by atoms with van der Waals surface area (Å²) in [5.74, 6) is -0.0644. The normalized spacial score (nSPS) is 11.5. The standard InChI is InChI=1S/C13H13BrN2O2S/c14-12-3-1-2-4-13(12)19(17,18)9-10-5-6-16-11(7-10)8-15/h1-7H,8-9,15H2. The third-order valence-electron chi connectivity index (χ3n) is 2.62. The van der Waals surface area contributed by atoms with Crippen molar-refractivity contribution >= 4 is 25.8 Å². The zero-order valence-corrected chi connectivity index (χ0v) is 12.5. The summed E-state index contributed by atoms with van der Waals surface area (Å²) in [5.41, 5.74) is 6.86. The number of rotatable bonds is 4. The lowest BCUT2D eigenvalue weighted by Crippen LogP contribution is -2.07. The average molecular weight is 341 g/mol. The van der Waals surface area contributed by atoms with Gasteiger partial charge in [0, 0.05) is 17.2 Å². The first-order chi connectivity index (χ1) is 9.03. The Hall–Kier alpha value is -1.24. The molecule has 0 radical (unpaired) electrons. The third kappa shape index (κ3) is 3.40. The van der Waals surface area contributed by atoms with E-state index in [1.54, 1.807) is 42.6 Å². The van der Waals surface area contributed by atoms with Crippen molar-refractivity contribution in [3.05, 3.63) is 58.3 Å². The van der Waals surface area contributed by atoms with Gasteiger partial charge in [-0.1, -0.05) is 12.1 Å². The van der Waals surface area contributed by atoms with Gasteiger partial charge in [0.05, 0.1) is 16.3 Å². The second kappa shape index (κ2) is 5.81. The summed E-state index contributed by atoms with van der Waals surface area (Å²) < 4.78 is 25.3. The minimum atomic E-state index is -3.38. The van der Waals surface area contributed by atoms with E-state index in [0.717, 1.165) is 0 Å². The van der Waals surface area contributed by atoms with E-state index >= 15 is 0 Å². The van der Waals surface area contributed by atoms with E-state index in [9.17, 15) is 8.42 Å². The number of benzene rings is 1. The lowest BCUT2D eigenvalue weighted by molar-refractivity contribution is 0.595. The van der Waals surface area contributed by atoms with Crippen LogP contribution in [0.25, 0.3) is 0 Å². The summed E-state index contributed by atoms with van der Waals surface area (Å²) in [6, 6.07) is 10.2. The molecule has 2 N–H and O–H groups in total. The molecule has 0 spiro atoms. The van der Waals surface area contributed by atoms with Crippen molar-refractivity contribution in [2.45, 2.75) is 17.2 Å². The SMILES string of the molecule is NCc1cc(CS(=O)(=O)c2ccccc2Br)ccn1. The maximum absolute atomic E-state index is 12.3. The highest BCUT2D eigenvalue weighted by molar-refractivity contribution is 9.10. The maximum Gasteiger partial charge on any atom is 0.183 e. The number of hydrogen-bond donors (Lipinski definition) is 1. The van der Waals surface area contributed by atoms with Crippen LogP contribution in [0.15, 0.2) is 52.0 Å². The predicted octanol–water partition coefficient (Wildman–Crippen LogP) is 2.28. The second-order valence-electron chi connectivity index (χ2n) is 4.05. The molecule has 1 aromatic carbocycles. The van der Waals surface area contributed by atoms with Crippen LogP contribution < -0.4 is 5.73 Å². The van der Waals surface area contributed by atoms with E-state index in [-0.39, 0.29) is 5.75 Å². The molecule has 19 heavy (non-hydrogen) atoms. The summed E-state index contributed by atoms with van der Waals surface area (Å²) in [6.07, 6.45) is 1.58. The highest BCUT2D eigenvalue weighted by atomic mass is 79.9. The van der Waals surface area contributed by atoms with Crippen LogP contribution in [0, 0.1) is 0 Å². The Balaban J connectivity index is 2.34. The monoisotopic (exact) mass is 340 g/mol. The average Bonchev–Trinajstić information content (AvgIpc) is 2.38. The molecule has 0 atom stereocenters. The third-order valence-corrected chi connectivity index (χ3v) is 5.31. The van der Waals surface area contributed by atoms with Crippen LogP contribution in [0.5, 0.6) is 0 Å². The summed E-state index contributed by atoms with van der Waals surface area (Å²) in [7, 11) is -3.38. The first-order valence-corrected chi connectivity index (χ1v) is 8.08. The number of aromatic nitrogens is 1. The number of sulfone groups is 1. The van der Waals surface area contributed by atoms with Gasteiger partial charge in [-0.25, -0.2) is 8.42 Å². The van der Waals surface area contributed by atoms with Crippen molar-refractivity contribution in [2.75, 3.05) is 0 Å². The Morgan fingerprint density at radius 2 is 1.95 bits per heavy atom. The van der Waals surface area contributed by atoms with E-state index in [4.69, 9.17) is 5.73 Å². The van der Waals surface area contributed by atoms with Gasteiger partial charge >= 0.3 is 0 Å². The van der Waals surface area contributed by atoms with E-state index in [1.165, 1.54) is 0 Å². The van der Waals surface area contributed by atoms with Gasteiger partial charge in [-0.3, -0.25) is 4.98 Å². The summed E-state index contributed by atoms with van der Waals surface area (Å²) in [5, 5.41) is 0. The van der Waals surface area contributed by atoms with E-state index in [1.807, 2.05) is 0 Å². The van der Waals surface area contributed by atoms with Crippen LogP contribution in [0.3, 0.4) is 0 Å². The van der Waals surface area contributed by atoms with Crippen LogP contribution in [0.2, 0.25) is 0 Å². The van der Waals surface area contributed by atoms with E-state index in [2.05, 4.69) is 20.9 Å². The molecular formula is C13H13BrN2O2S. The van der Waals surface area contributed by atoms with Gasteiger partial charge in [-0.2, -0.15) is 0 Å². The van der Waals surface area contributed by atoms with Crippen LogP contribution in [-0.2, 0) is 22.1 Å². The van der Waals surface area contributed by atoms with E-state index in [0.29, 0.717) is 27.2 Å². The van der Waals surface area contributed by atoms with Gasteiger partial charge < -0.3 is 5.73 Å². The van der Waals surface area contributed by atoms with Gasteiger partial charge in [-0.15, -0.1) is 0 Å². The highest BCUT2D eigenvalue weighted by Crippen LogP contribution is 2.24. The summed E-state index contributed by atoms with van der Waals surface area (Å²) >= 11 is 3.26. The van der Waals surface area contributed by atoms with Gasteiger partial charge in [0.25, 0.3) is 0 Å². The van der Waals surface area contributed by atoms with Crippen LogP contribution in [0.4, 0.5) is 0 Å². The molecule has 0 saturated heterocycles. The Labute approximate surface area is 120 Å². The Morgan fingerprint density at radius 3 is 2.63 bits per heavy atom. The minimum Gasteiger partial charge on any atom is -0.325 e. The van der Waals surface area contributed by atoms with Crippen molar-refractivity contribution in [3.63, 3.8) is 0 Å². The van der Waals surface area contributed by atoms with Gasteiger partial charge in [0.2, 0.25) is 0 Å². The number of pyridine rings is 1. The molecule has 0 saturated carbocycles. The number of nitrogens with two attached hydrogens (primary N) is 1. The van der Waals surface area contributed by atoms with Crippen LogP contribution >= 0.6 is 15.9 Å². The molecule has 0 bridgehead atoms. The summed E-state index contributed by atoms with van der Waals surface area (Å²) in [6.45, 7) is 0.295. The highest BCUT2D eigenvalue weighted by Gasteiger charge is 2.18. The Morgan fingerprint density at radius 1 is 1.21 bits per heavy atom. The quantitative estimate of drug-likeness (QED) is 0.926. The van der Waals surface area contributed by atoms with Gasteiger partial charge in [0.15, 0.2) is 9.84 Å². The molecule has 0 aliphatic heterocycles. The maximum atomic E-state index is 12.3. The molecule has 0 amide bonds. The molecule has 100 valence electrons. The molecule has 0 aliphatic rings. The van der Waals surface area contributed by atoms with Crippen molar-refractivity contribution in [2.24, 2.45) is 5.73 Å². The Kier molecular flexibility index (Phi) is 4.34. The molecule has 0 fully saturated rings. The second-order valence-corrected chi connectivity index (χ2v) is 6.86. The van der Waals surface area contributed by atoms with Crippen molar-refractivity contribution in [1.82, 2.24) is 4.98 Å². The molecule has 1 heterocycles. The number of nitrogens with zero attached hydrogens (tertiary/aromatic N) is 1. The zero-order chi connectivity index (χ0) is 13.9. The smallest absolute Gasteiger partial charge is 0.183 e. The molecule has 0 aliphatic carbocycles. The molecule has 1 aromatic heterocycles. The minimum absolute atomic E-state index is 0.0644. The summed E-state index contributed by atoms with van der Waals surface area (Å²) in [4.78, 5) is 4.34. The fourth-order valence-electron chi connectivity index (χ4n) is 1.72. The number of hydrogen-bond acceptors (Lipinski definition) is 4. The van der Waals surface area contributed by atoms with Gasteiger partial charge in [0.1, 0.15) is 0 Å². The topological polar surface area (TPSA) is 73.1 Å². The lowest BCUT2D eigenvalue weighted by atomic mass is 10.2. The van der Waals surface area contributed by atoms with Crippen molar-refractivity contribution in [3.8, 4) is 0 Å². The molecule has 6 heteroatoms. The van der Waals surface area contributed by atoms with E-state index < -0.39 is 9.84 Å². The Bertz CT molecular complexity index is 687. The molecule has 2 aromatic rings. The van der Waals surface area contributed by atoms with Crippen LogP contribution in [0.1, 0.15) is 11.3 Å². The molecular weight excluding hydrogens is 328 g/mol. The molecule has 0 unspecified atom stereocenters. The largest absolute Gasteiger partial charge is 0.325 e. The van der Waals surface area contributed by atoms with Crippen molar-refractivity contribution in [1.29, 1.82) is 0 Å². The predicted molar refractivity (Wildman–Crippen MR) is 77.2 cm³/mol.